The highest BCUT2D eigenvalue weighted by Crippen LogP contribution is 2.18. The SMILES string of the molecule is CCOC(COc1ccc(C)cc1C=O)OCC. The summed E-state index contributed by atoms with van der Waals surface area (Å²) in [6.07, 6.45) is 0.388. The monoisotopic (exact) mass is 252 g/mol. The molecule has 0 amide bonds. The molecule has 0 aliphatic rings. The molecule has 1 aromatic rings. The Bertz CT molecular complexity index is 370. The van der Waals surface area contributed by atoms with Gasteiger partial charge in [-0.25, -0.2) is 0 Å². The van der Waals surface area contributed by atoms with Crippen LogP contribution in [-0.2, 0) is 9.47 Å². The lowest BCUT2D eigenvalue weighted by atomic mass is 10.1. The fourth-order valence-corrected chi connectivity index (χ4v) is 1.57. The van der Waals surface area contributed by atoms with E-state index in [-0.39, 0.29) is 6.61 Å². The van der Waals surface area contributed by atoms with Crippen molar-refractivity contribution in [1.29, 1.82) is 0 Å². The first-order chi connectivity index (χ1) is 8.71. The van der Waals surface area contributed by atoms with E-state index in [1.165, 1.54) is 0 Å². The third-order valence-corrected chi connectivity index (χ3v) is 2.37. The molecule has 0 saturated heterocycles. The smallest absolute Gasteiger partial charge is 0.191 e. The molecule has 18 heavy (non-hydrogen) atoms. The fourth-order valence-electron chi connectivity index (χ4n) is 1.57. The second-order valence-electron chi connectivity index (χ2n) is 3.81. The van der Waals surface area contributed by atoms with Crippen molar-refractivity contribution in [3.63, 3.8) is 0 Å². The molecule has 0 radical (unpaired) electrons. The van der Waals surface area contributed by atoms with Gasteiger partial charge in [0.2, 0.25) is 0 Å². The number of hydrogen-bond donors (Lipinski definition) is 0. The van der Waals surface area contributed by atoms with E-state index in [0.717, 1.165) is 11.8 Å². The molecule has 0 N–H and O–H groups in total. The summed E-state index contributed by atoms with van der Waals surface area (Å²) in [5, 5.41) is 0. The Morgan fingerprint density at radius 3 is 2.44 bits per heavy atom. The topological polar surface area (TPSA) is 44.8 Å². The van der Waals surface area contributed by atoms with Gasteiger partial charge in [0, 0.05) is 13.2 Å². The summed E-state index contributed by atoms with van der Waals surface area (Å²) in [6, 6.07) is 5.48. The number of benzene rings is 1. The molecule has 0 aromatic heterocycles. The van der Waals surface area contributed by atoms with Gasteiger partial charge in [0.05, 0.1) is 5.56 Å². The van der Waals surface area contributed by atoms with E-state index in [4.69, 9.17) is 14.2 Å². The first kappa shape index (κ1) is 14.7. The van der Waals surface area contributed by atoms with Crippen molar-refractivity contribution in [2.45, 2.75) is 27.1 Å². The minimum absolute atomic E-state index is 0.269. The highest BCUT2D eigenvalue weighted by molar-refractivity contribution is 5.79. The van der Waals surface area contributed by atoms with Crippen LogP contribution in [0.3, 0.4) is 0 Å². The number of hydrogen-bond acceptors (Lipinski definition) is 4. The molecule has 0 fully saturated rings. The summed E-state index contributed by atoms with van der Waals surface area (Å²) < 4.78 is 16.3. The van der Waals surface area contributed by atoms with Gasteiger partial charge in [0.15, 0.2) is 12.6 Å². The lowest BCUT2D eigenvalue weighted by Gasteiger charge is -2.18. The Hall–Kier alpha value is -1.39. The number of rotatable bonds is 8. The van der Waals surface area contributed by atoms with E-state index in [0.29, 0.717) is 24.5 Å². The predicted molar refractivity (Wildman–Crippen MR) is 69.1 cm³/mol. The van der Waals surface area contributed by atoms with Gasteiger partial charge in [-0.05, 0) is 32.9 Å². The Balaban J connectivity index is 2.63. The van der Waals surface area contributed by atoms with Crippen molar-refractivity contribution in [2.75, 3.05) is 19.8 Å². The van der Waals surface area contributed by atoms with Crippen LogP contribution in [0.1, 0.15) is 29.8 Å². The van der Waals surface area contributed by atoms with Crippen LogP contribution in [0.5, 0.6) is 5.75 Å². The standard InChI is InChI=1S/C14H20O4/c1-4-16-14(17-5-2)10-18-13-7-6-11(3)8-12(13)9-15/h6-9,14H,4-5,10H2,1-3H3. The lowest BCUT2D eigenvalue weighted by Crippen LogP contribution is -2.25. The highest BCUT2D eigenvalue weighted by Gasteiger charge is 2.10. The van der Waals surface area contributed by atoms with Gasteiger partial charge in [-0.15, -0.1) is 0 Å². The van der Waals surface area contributed by atoms with Crippen LogP contribution in [0.2, 0.25) is 0 Å². The van der Waals surface area contributed by atoms with Crippen LogP contribution in [-0.4, -0.2) is 32.4 Å². The maximum absolute atomic E-state index is 10.9. The minimum Gasteiger partial charge on any atom is -0.488 e. The van der Waals surface area contributed by atoms with Crippen LogP contribution < -0.4 is 4.74 Å². The van der Waals surface area contributed by atoms with E-state index in [1.54, 1.807) is 12.1 Å². The van der Waals surface area contributed by atoms with Crippen LogP contribution >= 0.6 is 0 Å². The largest absolute Gasteiger partial charge is 0.488 e. The van der Waals surface area contributed by atoms with Gasteiger partial charge < -0.3 is 14.2 Å². The normalized spacial score (nSPS) is 10.7. The molecule has 0 saturated carbocycles. The van der Waals surface area contributed by atoms with Crippen LogP contribution in [0.4, 0.5) is 0 Å². The Morgan fingerprint density at radius 2 is 1.89 bits per heavy atom. The van der Waals surface area contributed by atoms with Gasteiger partial charge in [-0.2, -0.15) is 0 Å². The number of carbonyl (C=O) groups excluding carboxylic acids is 1. The van der Waals surface area contributed by atoms with Crippen molar-refractivity contribution in [2.24, 2.45) is 0 Å². The second kappa shape index (κ2) is 7.84. The van der Waals surface area contributed by atoms with Crippen molar-refractivity contribution in [1.82, 2.24) is 0 Å². The number of aldehydes is 1. The summed E-state index contributed by atoms with van der Waals surface area (Å²) in [6.45, 7) is 7.11. The molecule has 4 nitrogen and oxygen atoms in total. The molecule has 0 aliphatic carbocycles. The number of aryl methyl sites for hydroxylation is 1. The van der Waals surface area contributed by atoms with Gasteiger partial charge in [0.1, 0.15) is 12.4 Å². The predicted octanol–water partition coefficient (Wildman–Crippen LogP) is 2.59. The zero-order chi connectivity index (χ0) is 13.4. The van der Waals surface area contributed by atoms with E-state index in [9.17, 15) is 4.79 Å². The first-order valence-corrected chi connectivity index (χ1v) is 6.13. The quantitative estimate of drug-likeness (QED) is 0.527. The molecule has 100 valence electrons. The molecule has 0 aliphatic heterocycles. The zero-order valence-electron chi connectivity index (χ0n) is 11.1. The van der Waals surface area contributed by atoms with Crippen molar-refractivity contribution in [3.05, 3.63) is 29.3 Å². The van der Waals surface area contributed by atoms with Gasteiger partial charge in [-0.1, -0.05) is 11.6 Å². The minimum atomic E-state index is -0.402. The lowest BCUT2D eigenvalue weighted by molar-refractivity contribution is -0.152. The van der Waals surface area contributed by atoms with Crippen LogP contribution in [0.15, 0.2) is 18.2 Å². The maximum atomic E-state index is 10.9. The second-order valence-corrected chi connectivity index (χ2v) is 3.81. The van der Waals surface area contributed by atoms with Crippen LogP contribution in [0.25, 0.3) is 0 Å². The number of ether oxygens (including phenoxy) is 3. The molecule has 0 spiro atoms. The molecular formula is C14H20O4. The van der Waals surface area contributed by atoms with Crippen molar-refractivity contribution >= 4 is 6.29 Å². The molecule has 0 unspecified atom stereocenters. The Labute approximate surface area is 108 Å². The summed E-state index contributed by atoms with van der Waals surface area (Å²) in [5.74, 6) is 0.556. The van der Waals surface area contributed by atoms with E-state index in [1.807, 2.05) is 26.8 Å². The maximum Gasteiger partial charge on any atom is 0.191 e. The first-order valence-electron chi connectivity index (χ1n) is 6.13. The summed E-state index contributed by atoms with van der Waals surface area (Å²) in [4.78, 5) is 10.9. The van der Waals surface area contributed by atoms with E-state index >= 15 is 0 Å². The molecular weight excluding hydrogens is 232 g/mol. The molecule has 0 heterocycles. The summed E-state index contributed by atoms with van der Waals surface area (Å²) in [7, 11) is 0. The Kier molecular flexibility index (Phi) is 6.39. The van der Waals surface area contributed by atoms with E-state index in [2.05, 4.69) is 0 Å². The van der Waals surface area contributed by atoms with Crippen molar-refractivity contribution in [3.8, 4) is 5.75 Å². The summed E-state index contributed by atoms with van der Waals surface area (Å²) >= 11 is 0. The highest BCUT2D eigenvalue weighted by atomic mass is 16.7. The van der Waals surface area contributed by atoms with Crippen molar-refractivity contribution < 1.29 is 19.0 Å². The van der Waals surface area contributed by atoms with E-state index < -0.39 is 6.29 Å². The van der Waals surface area contributed by atoms with Gasteiger partial charge in [0.25, 0.3) is 0 Å². The third kappa shape index (κ3) is 4.47. The summed E-state index contributed by atoms with van der Waals surface area (Å²) in [5.41, 5.74) is 1.57. The van der Waals surface area contributed by atoms with Gasteiger partial charge >= 0.3 is 0 Å². The molecule has 0 atom stereocenters. The zero-order valence-corrected chi connectivity index (χ0v) is 11.1. The molecule has 0 bridgehead atoms. The average molecular weight is 252 g/mol. The number of carbonyl (C=O) groups is 1. The van der Waals surface area contributed by atoms with Gasteiger partial charge in [-0.3, -0.25) is 4.79 Å². The average Bonchev–Trinajstić information content (AvgIpc) is 2.37. The molecule has 1 aromatic carbocycles. The third-order valence-electron chi connectivity index (χ3n) is 2.37. The van der Waals surface area contributed by atoms with Crippen LogP contribution in [0, 0.1) is 6.92 Å². The molecule has 4 heteroatoms. The molecule has 1 rings (SSSR count). The fraction of sp³-hybridized carbons (Fsp3) is 0.500. The Morgan fingerprint density at radius 1 is 1.22 bits per heavy atom.